The molecule has 33 heteroatoms. The minimum Gasteiger partial charge on any atom is -0.389 e. The van der Waals surface area contributed by atoms with E-state index >= 15 is 0 Å². The van der Waals surface area contributed by atoms with Crippen LogP contribution in [-0.2, 0) is 50.3 Å². The van der Waals surface area contributed by atoms with E-state index in [9.17, 15) is 45.8 Å². The number of hydrogen-bond donors (Lipinski definition) is 8. The molecule has 104 heavy (non-hydrogen) atoms. The molecule has 3 aliphatic rings. The third kappa shape index (κ3) is 14.4. The Kier molecular flexibility index (Phi) is 19.3. The van der Waals surface area contributed by atoms with Crippen LogP contribution >= 0.6 is 22.6 Å². The summed E-state index contributed by atoms with van der Waals surface area (Å²) in [5.41, 5.74) is 11.7. The molecule has 0 unspecified atom stereocenters. The van der Waals surface area contributed by atoms with Crippen molar-refractivity contribution < 1.29 is 50.9 Å². The van der Waals surface area contributed by atoms with Crippen LogP contribution in [0.25, 0.3) is 67.7 Å². The lowest BCUT2D eigenvalue weighted by Gasteiger charge is -2.22. The summed E-state index contributed by atoms with van der Waals surface area (Å²) in [6.45, 7) is 17.9. The highest BCUT2D eigenvalue weighted by Crippen LogP contribution is 2.45. The third-order valence-electron chi connectivity index (χ3n) is 17.3. The molecule has 15 rings (SSSR count). The minimum absolute atomic E-state index is 0.0559. The molecule has 26 nitrogen and oxygen atoms in total. The lowest BCUT2D eigenvalue weighted by Crippen LogP contribution is -2.32. The number of hydrogen-bond acceptors (Lipinski definition) is 20. The van der Waals surface area contributed by atoms with E-state index < -0.39 is 56.5 Å². The van der Waals surface area contributed by atoms with E-state index in [4.69, 9.17) is 16.6 Å². The van der Waals surface area contributed by atoms with E-state index in [1.54, 1.807) is 124 Å². The number of nitrogens with two attached hydrogens (primary N) is 2. The lowest BCUT2D eigenvalue weighted by atomic mass is 9.87. The monoisotopic (exact) mass is 1540 g/mol. The van der Waals surface area contributed by atoms with Crippen molar-refractivity contribution in [3.05, 3.63) is 182 Å². The molecule has 3 amide bonds. The number of halogens is 7. The second-order valence-corrected chi connectivity index (χ2v) is 28.6. The number of aliphatic hydroxyl groups is 2. The fourth-order valence-corrected chi connectivity index (χ4v) is 12.7. The molecule has 0 radical (unpaired) electrons. The van der Waals surface area contributed by atoms with Crippen LogP contribution in [-0.4, -0.2) is 126 Å². The Bertz CT molecular complexity index is 5230. The number of aromatic nitrogens is 15. The number of nitrogens with one attached hydrogen (secondary N) is 4. The summed E-state index contributed by atoms with van der Waals surface area (Å²) in [7, 11) is 0. The first-order chi connectivity index (χ1) is 49.0. The number of fused-ring (bicyclic) bond motifs is 6. The molecule has 0 atom stereocenters. The topological polar surface area (TPSA) is 361 Å². The first-order valence-electron chi connectivity index (χ1n) is 32.3. The molecule has 0 saturated heterocycles. The van der Waals surface area contributed by atoms with E-state index in [0.29, 0.717) is 106 Å². The fraction of sp³-hybridized carbons (Fsp3) is 0.282. The number of benzene rings is 3. The van der Waals surface area contributed by atoms with Gasteiger partial charge in [0.1, 0.15) is 84.8 Å². The van der Waals surface area contributed by atoms with Gasteiger partial charge in [0.05, 0.1) is 93.0 Å². The summed E-state index contributed by atoms with van der Waals surface area (Å²) in [5.74, 6) is -1.58. The fourth-order valence-electron chi connectivity index (χ4n) is 11.6. The average molecular weight is 1540 g/mol. The summed E-state index contributed by atoms with van der Waals surface area (Å²) in [6, 6.07) is 22.8. The van der Waals surface area contributed by atoms with Gasteiger partial charge >= 0.3 is 0 Å². The lowest BCUT2D eigenvalue weighted by molar-refractivity contribution is -0.120. The summed E-state index contributed by atoms with van der Waals surface area (Å²) in [6.07, 6.45) is 3.21. The van der Waals surface area contributed by atoms with Gasteiger partial charge in [-0.3, -0.25) is 14.4 Å². The second-order valence-electron chi connectivity index (χ2n) is 27.6. The highest BCUT2D eigenvalue weighted by atomic mass is 127. The molecule has 3 aromatic carbocycles. The summed E-state index contributed by atoms with van der Waals surface area (Å²) in [5, 5.41) is 45.0. The van der Waals surface area contributed by atoms with E-state index in [0.717, 1.165) is 18.6 Å². The number of nitrogens with zero attached hydrogens (tertiary/aromatic N) is 15. The van der Waals surface area contributed by atoms with Crippen molar-refractivity contribution in [2.75, 3.05) is 40.1 Å². The summed E-state index contributed by atoms with van der Waals surface area (Å²) < 4.78 is 90.0. The third-order valence-corrected chi connectivity index (χ3v) is 18.1. The Morgan fingerprint density at radius 3 is 1.18 bits per heavy atom. The van der Waals surface area contributed by atoms with E-state index in [1.807, 2.05) is 0 Å². The van der Waals surface area contributed by atoms with Crippen LogP contribution in [0, 0.1) is 38.6 Å². The SMILES string of the molecule is CC(C)(O)CN.CC(C)(O)CNc1nc(-c2nn(Cc3ccccc3F)c3ncc(F)cc23)nc2c1C(C)(C)C(=O)N2.CC1(C)C(=O)Nc2nc(-c3nn(Cc4ccccc4F)c4ncc(F)cc34)nc(I)c21.CC1(C)C(=O)Nc2nc(-c3nn(Cc4ccccc4F)c4ncc(F)cc34)nc(N)c21. The molecular weight excluding hydrogens is 1470 g/mol. The van der Waals surface area contributed by atoms with Crippen LogP contribution in [0.5, 0.6) is 0 Å². The molecule has 536 valence electrons. The first-order valence-corrected chi connectivity index (χ1v) is 33.4. The molecule has 12 aromatic rings. The molecule has 9 aromatic heterocycles. The van der Waals surface area contributed by atoms with Gasteiger partial charge in [-0.05, 0) is 128 Å². The molecule has 0 saturated carbocycles. The molecule has 10 N–H and O–H groups in total. The quantitative estimate of drug-likeness (QED) is 0.0302. The van der Waals surface area contributed by atoms with E-state index in [1.165, 1.54) is 50.4 Å². The number of rotatable bonds is 13. The molecular formula is C71H68F6IN21O5. The Balaban J connectivity index is 0.000000141. The summed E-state index contributed by atoms with van der Waals surface area (Å²) >= 11 is 2.06. The number of anilines is 5. The van der Waals surface area contributed by atoms with Gasteiger partial charge in [0.25, 0.3) is 0 Å². The second kappa shape index (κ2) is 27.6. The minimum atomic E-state index is -1.06. The number of pyridine rings is 3. The van der Waals surface area contributed by atoms with Crippen LogP contribution < -0.4 is 32.7 Å². The van der Waals surface area contributed by atoms with Gasteiger partial charge in [-0.2, -0.15) is 15.3 Å². The maximum absolute atomic E-state index is 14.3. The molecule has 3 aliphatic heterocycles. The maximum Gasteiger partial charge on any atom is 0.235 e. The highest BCUT2D eigenvalue weighted by Gasteiger charge is 2.45. The predicted molar refractivity (Wildman–Crippen MR) is 384 cm³/mol. The van der Waals surface area contributed by atoms with Crippen molar-refractivity contribution in [3.63, 3.8) is 0 Å². The predicted octanol–water partition coefficient (Wildman–Crippen LogP) is 10.4. The maximum atomic E-state index is 14.3. The molecule has 0 aliphatic carbocycles. The number of carbonyl (C=O) groups excluding carboxylic acids is 3. The van der Waals surface area contributed by atoms with Crippen molar-refractivity contribution in [2.45, 2.75) is 116 Å². The van der Waals surface area contributed by atoms with Crippen molar-refractivity contribution in [1.29, 1.82) is 0 Å². The van der Waals surface area contributed by atoms with Gasteiger partial charge in [-0.25, -0.2) is 85.2 Å². The molecule has 0 fully saturated rings. The van der Waals surface area contributed by atoms with Crippen LogP contribution in [0.3, 0.4) is 0 Å². The zero-order valence-corrected chi connectivity index (χ0v) is 59.7. The molecule has 12 heterocycles. The van der Waals surface area contributed by atoms with Gasteiger partial charge in [-0.1, -0.05) is 54.6 Å². The molecule has 0 spiro atoms. The van der Waals surface area contributed by atoms with Gasteiger partial charge in [0.15, 0.2) is 34.4 Å². The highest BCUT2D eigenvalue weighted by molar-refractivity contribution is 14.1. The van der Waals surface area contributed by atoms with Crippen LogP contribution in [0.15, 0.2) is 110 Å². The van der Waals surface area contributed by atoms with E-state index in [-0.39, 0.29) is 84.4 Å². The van der Waals surface area contributed by atoms with Gasteiger partial charge in [-0.15, -0.1) is 0 Å². The smallest absolute Gasteiger partial charge is 0.235 e. The van der Waals surface area contributed by atoms with Gasteiger partial charge in [0.2, 0.25) is 17.7 Å². The average Bonchev–Trinajstić information content (AvgIpc) is 1.59. The Morgan fingerprint density at radius 2 is 0.817 bits per heavy atom. The van der Waals surface area contributed by atoms with Crippen LogP contribution in [0.1, 0.15) is 103 Å². The van der Waals surface area contributed by atoms with E-state index in [2.05, 4.69) is 104 Å². The Labute approximate surface area is 602 Å². The first kappa shape index (κ1) is 72.7. The Morgan fingerprint density at radius 1 is 0.490 bits per heavy atom. The van der Waals surface area contributed by atoms with Crippen molar-refractivity contribution in [3.8, 4) is 34.6 Å². The van der Waals surface area contributed by atoms with Gasteiger partial charge in [0, 0.05) is 35.3 Å². The van der Waals surface area contributed by atoms with Crippen LogP contribution in [0.2, 0.25) is 0 Å². The van der Waals surface area contributed by atoms with Crippen molar-refractivity contribution in [2.24, 2.45) is 5.73 Å². The van der Waals surface area contributed by atoms with Crippen molar-refractivity contribution >= 4 is 103 Å². The van der Waals surface area contributed by atoms with Crippen LogP contribution in [0.4, 0.5) is 55.4 Å². The number of amides is 3. The zero-order valence-electron chi connectivity index (χ0n) is 57.6. The standard InChI is InChI=1S/C25H25F2N7O2.C21H15F2IN6O.C21H17F2N7O.C4H11NO/c1-24(2,36)12-29-19-17-20(32-23(35)25(17,3)4)31-21(30-19)18-15-9-14(26)10-28-22(15)34(33-18)11-13-7-5-6-8-16(13)27;2*1-21(2)14-16(24)26-18(27-17(14)28-20(21)31)15-12-7-11(22)8-25-19(12)30(29-15)9-10-5-3-4-6-13(10)23;1-4(2,6)3-5/h5-10,36H,11-12H2,1-4H3,(H2,29,30,31,32,35);3-8H,9H2,1-2H3,(H,26,27,28,31);3-8H,9H2,1-2H3,(H3,24,26,27,28,31);6H,3,5H2,1-2H3. The molecule has 0 bridgehead atoms. The largest absolute Gasteiger partial charge is 0.389 e. The Hall–Kier alpha value is -11.0. The van der Waals surface area contributed by atoms with Gasteiger partial charge < -0.3 is 42.9 Å². The van der Waals surface area contributed by atoms with Crippen molar-refractivity contribution in [1.82, 2.24) is 74.2 Å². The number of carbonyl (C=O) groups is 3. The normalized spacial score (nSPS) is 14.5. The zero-order chi connectivity index (χ0) is 74.9. The number of nitrogen functional groups attached to an aromatic ring is 1. The summed E-state index contributed by atoms with van der Waals surface area (Å²) in [4.78, 5) is 76.8.